The predicted octanol–water partition coefficient (Wildman–Crippen LogP) is 1.52. The molecule has 7 heteroatoms. The van der Waals surface area contributed by atoms with Gasteiger partial charge in [0, 0.05) is 18.7 Å². The van der Waals surface area contributed by atoms with Crippen molar-refractivity contribution in [2.24, 2.45) is 11.7 Å². The molecule has 0 spiro atoms. The Bertz CT molecular complexity index is 531. The SMILES string of the molecule is NCC(Nc1cc2c(cc1[N+](=O)[O-])OCCO2)C1CC1. The third-order valence-electron chi connectivity index (χ3n) is 3.64. The first-order valence-electron chi connectivity index (χ1n) is 6.73. The number of nitro benzene ring substituents is 1. The Morgan fingerprint density at radius 3 is 2.55 bits per heavy atom. The number of nitrogens with one attached hydrogen (secondary N) is 1. The number of anilines is 1. The van der Waals surface area contributed by atoms with E-state index in [0.29, 0.717) is 42.9 Å². The van der Waals surface area contributed by atoms with Gasteiger partial charge in [0.15, 0.2) is 11.5 Å². The van der Waals surface area contributed by atoms with E-state index in [0.717, 1.165) is 12.8 Å². The van der Waals surface area contributed by atoms with Crippen molar-refractivity contribution in [3.8, 4) is 11.5 Å². The van der Waals surface area contributed by atoms with E-state index >= 15 is 0 Å². The average molecular weight is 279 g/mol. The van der Waals surface area contributed by atoms with Crippen molar-refractivity contribution in [1.82, 2.24) is 0 Å². The summed E-state index contributed by atoms with van der Waals surface area (Å²) in [6.45, 7) is 1.31. The fourth-order valence-electron chi connectivity index (χ4n) is 2.41. The monoisotopic (exact) mass is 279 g/mol. The molecule has 1 atom stereocenters. The minimum Gasteiger partial charge on any atom is -0.486 e. The van der Waals surface area contributed by atoms with Gasteiger partial charge in [-0.3, -0.25) is 10.1 Å². The lowest BCUT2D eigenvalue weighted by molar-refractivity contribution is -0.384. The molecule has 7 nitrogen and oxygen atoms in total. The van der Waals surface area contributed by atoms with Gasteiger partial charge in [0.2, 0.25) is 0 Å². The first kappa shape index (κ1) is 13.0. The van der Waals surface area contributed by atoms with Crippen molar-refractivity contribution in [3.63, 3.8) is 0 Å². The Hall–Kier alpha value is -2.02. The molecule has 1 aliphatic carbocycles. The molecule has 0 aromatic heterocycles. The molecule has 0 saturated heterocycles. The molecule has 1 fully saturated rings. The smallest absolute Gasteiger partial charge is 0.296 e. The Balaban J connectivity index is 1.92. The van der Waals surface area contributed by atoms with E-state index in [1.165, 1.54) is 6.07 Å². The van der Waals surface area contributed by atoms with Gasteiger partial charge >= 0.3 is 0 Å². The summed E-state index contributed by atoms with van der Waals surface area (Å²) < 4.78 is 10.8. The first-order valence-corrected chi connectivity index (χ1v) is 6.73. The maximum Gasteiger partial charge on any atom is 0.296 e. The van der Waals surface area contributed by atoms with Gasteiger partial charge in [-0.15, -0.1) is 0 Å². The van der Waals surface area contributed by atoms with Crippen LogP contribution in [0.5, 0.6) is 11.5 Å². The third kappa shape index (κ3) is 2.49. The summed E-state index contributed by atoms with van der Waals surface area (Å²) in [4.78, 5) is 10.8. The molecule has 3 rings (SSSR count). The van der Waals surface area contributed by atoms with E-state index in [1.807, 2.05) is 0 Å². The zero-order valence-electron chi connectivity index (χ0n) is 11.0. The minimum atomic E-state index is -0.416. The maximum absolute atomic E-state index is 11.2. The minimum absolute atomic E-state index is 0.00616. The fourth-order valence-corrected chi connectivity index (χ4v) is 2.41. The summed E-state index contributed by atoms with van der Waals surface area (Å²) in [5.74, 6) is 1.47. The van der Waals surface area contributed by atoms with Crippen molar-refractivity contribution in [2.75, 3.05) is 25.1 Å². The summed E-state index contributed by atoms with van der Waals surface area (Å²) in [6, 6.07) is 3.12. The molecule has 1 heterocycles. The zero-order chi connectivity index (χ0) is 14.1. The number of nitro groups is 1. The summed E-state index contributed by atoms with van der Waals surface area (Å²) in [7, 11) is 0. The second-order valence-electron chi connectivity index (χ2n) is 5.09. The van der Waals surface area contributed by atoms with Gasteiger partial charge in [0.25, 0.3) is 5.69 Å². The largest absolute Gasteiger partial charge is 0.486 e. The Morgan fingerprint density at radius 1 is 1.35 bits per heavy atom. The van der Waals surface area contributed by atoms with Gasteiger partial charge in [-0.25, -0.2) is 0 Å². The average Bonchev–Trinajstić information content (AvgIpc) is 3.28. The molecule has 1 aromatic rings. The lowest BCUT2D eigenvalue weighted by Gasteiger charge is -2.21. The van der Waals surface area contributed by atoms with Crippen molar-refractivity contribution in [2.45, 2.75) is 18.9 Å². The highest BCUT2D eigenvalue weighted by Crippen LogP contribution is 2.41. The number of hydrogen-bond donors (Lipinski definition) is 2. The van der Waals surface area contributed by atoms with Gasteiger partial charge < -0.3 is 20.5 Å². The van der Waals surface area contributed by atoms with Crippen LogP contribution in [0.25, 0.3) is 0 Å². The molecule has 0 bridgehead atoms. The topological polar surface area (TPSA) is 99.7 Å². The highest BCUT2D eigenvalue weighted by molar-refractivity contribution is 5.69. The molecule has 3 N–H and O–H groups in total. The Kier molecular flexibility index (Phi) is 3.35. The summed E-state index contributed by atoms with van der Waals surface area (Å²) in [5.41, 5.74) is 6.18. The van der Waals surface area contributed by atoms with Gasteiger partial charge in [0.05, 0.1) is 11.0 Å². The molecule has 0 radical (unpaired) electrons. The highest BCUT2D eigenvalue weighted by Gasteiger charge is 2.32. The van der Waals surface area contributed by atoms with Crippen molar-refractivity contribution in [3.05, 3.63) is 22.2 Å². The molecule has 2 aliphatic rings. The van der Waals surface area contributed by atoms with Gasteiger partial charge in [-0.1, -0.05) is 0 Å². The Labute approximate surface area is 116 Å². The molecule has 1 aliphatic heterocycles. The van der Waals surface area contributed by atoms with Crippen molar-refractivity contribution < 1.29 is 14.4 Å². The summed E-state index contributed by atoms with van der Waals surface area (Å²) in [5, 5.41) is 14.4. The lowest BCUT2D eigenvalue weighted by Crippen LogP contribution is -2.31. The number of nitrogens with two attached hydrogens (primary N) is 1. The maximum atomic E-state index is 11.2. The third-order valence-corrected chi connectivity index (χ3v) is 3.64. The quantitative estimate of drug-likeness (QED) is 0.626. The highest BCUT2D eigenvalue weighted by atomic mass is 16.6. The van der Waals surface area contributed by atoms with Crippen molar-refractivity contribution >= 4 is 11.4 Å². The van der Waals surface area contributed by atoms with Crippen LogP contribution in [0.1, 0.15) is 12.8 Å². The number of ether oxygens (including phenoxy) is 2. The molecular formula is C13H17N3O4. The lowest BCUT2D eigenvalue weighted by atomic mass is 10.1. The second-order valence-corrected chi connectivity index (χ2v) is 5.09. The molecule has 1 unspecified atom stereocenters. The molecular weight excluding hydrogens is 262 g/mol. The van der Waals surface area contributed by atoms with Crippen LogP contribution in [0.2, 0.25) is 0 Å². The molecule has 1 aromatic carbocycles. The zero-order valence-corrected chi connectivity index (χ0v) is 11.0. The van der Waals surface area contributed by atoms with Crippen LogP contribution in [-0.2, 0) is 0 Å². The van der Waals surface area contributed by atoms with E-state index in [-0.39, 0.29) is 11.7 Å². The number of fused-ring (bicyclic) bond motifs is 1. The van der Waals surface area contributed by atoms with Crippen LogP contribution in [0.15, 0.2) is 12.1 Å². The van der Waals surface area contributed by atoms with E-state index < -0.39 is 4.92 Å². The number of nitrogens with zero attached hydrogens (tertiary/aromatic N) is 1. The van der Waals surface area contributed by atoms with Crippen LogP contribution >= 0.6 is 0 Å². The molecule has 108 valence electrons. The Morgan fingerprint density at radius 2 is 2.00 bits per heavy atom. The molecule has 20 heavy (non-hydrogen) atoms. The first-order chi connectivity index (χ1) is 9.69. The van der Waals surface area contributed by atoms with Crippen LogP contribution in [0.4, 0.5) is 11.4 Å². The van der Waals surface area contributed by atoms with E-state index in [9.17, 15) is 10.1 Å². The standard InChI is InChI=1S/C13H17N3O4/c14-7-10(8-1-2-8)15-9-5-12-13(20-4-3-19-12)6-11(9)16(17)18/h5-6,8,10,15H,1-4,7,14H2. The van der Waals surface area contributed by atoms with Crippen LogP contribution in [0, 0.1) is 16.0 Å². The summed E-state index contributed by atoms with van der Waals surface area (Å²) in [6.07, 6.45) is 2.24. The number of hydrogen-bond acceptors (Lipinski definition) is 6. The van der Waals surface area contributed by atoms with Crippen molar-refractivity contribution in [1.29, 1.82) is 0 Å². The van der Waals surface area contributed by atoms with Crippen LogP contribution in [0.3, 0.4) is 0 Å². The van der Waals surface area contributed by atoms with E-state index in [2.05, 4.69) is 5.32 Å². The number of benzene rings is 1. The number of rotatable bonds is 5. The van der Waals surface area contributed by atoms with Gasteiger partial charge in [0.1, 0.15) is 18.9 Å². The van der Waals surface area contributed by atoms with E-state index in [4.69, 9.17) is 15.2 Å². The second kappa shape index (κ2) is 5.16. The van der Waals surface area contributed by atoms with Gasteiger partial charge in [-0.05, 0) is 18.8 Å². The van der Waals surface area contributed by atoms with Gasteiger partial charge in [-0.2, -0.15) is 0 Å². The van der Waals surface area contributed by atoms with E-state index in [1.54, 1.807) is 6.07 Å². The van der Waals surface area contributed by atoms with Crippen LogP contribution < -0.4 is 20.5 Å². The molecule has 1 saturated carbocycles. The molecule has 0 amide bonds. The predicted molar refractivity (Wildman–Crippen MR) is 73.3 cm³/mol. The fraction of sp³-hybridized carbons (Fsp3) is 0.538. The normalized spacial score (nSPS) is 18.4. The van der Waals surface area contributed by atoms with Crippen LogP contribution in [-0.4, -0.2) is 30.7 Å². The summed E-state index contributed by atoms with van der Waals surface area (Å²) >= 11 is 0.